The Hall–Kier alpha value is -2.76. The third-order valence-electron chi connectivity index (χ3n) is 4.28. The molecule has 1 aliphatic heterocycles. The molecule has 2 heterocycles. The smallest absolute Gasteiger partial charge is 0.272 e. The molecule has 0 saturated carbocycles. The molecule has 6 nitrogen and oxygen atoms in total. The molecule has 25 heavy (non-hydrogen) atoms. The number of pyridine rings is 1. The van der Waals surface area contributed by atoms with Crippen LogP contribution >= 0.6 is 0 Å². The number of para-hydroxylation sites is 1. The van der Waals surface area contributed by atoms with Crippen molar-refractivity contribution in [2.45, 2.75) is 18.9 Å². The van der Waals surface area contributed by atoms with Gasteiger partial charge in [-0.2, -0.15) is 0 Å². The normalized spacial score (nSPS) is 14.9. The van der Waals surface area contributed by atoms with Crippen LogP contribution in [-0.4, -0.2) is 49.2 Å². The summed E-state index contributed by atoms with van der Waals surface area (Å²) in [6, 6.07) is 10.9. The van der Waals surface area contributed by atoms with Gasteiger partial charge >= 0.3 is 0 Å². The number of hydrogen-bond acceptors (Lipinski definition) is 5. The molecular weight excluding hydrogens is 320 g/mol. The van der Waals surface area contributed by atoms with Gasteiger partial charge in [0.2, 0.25) is 5.75 Å². The van der Waals surface area contributed by atoms with Gasteiger partial charge in [-0.15, -0.1) is 0 Å². The molecular formula is C19H22N2O4. The highest BCUT2D eigenvalue weighted by Gasteiger charge is 2.26. The molecule has 0 aliphatic carbocycles. The predicted octanol–water partition coefficient (Wildman–Crippen LogP) is 2.78. The second-order valence-corrected chi connectivity index (χ2v) is 5.82. The quantitative estimate of drug-likeness (QED) is 0.836. The number of methoxy groups -OCH3 is 2. The zero-order valence-corrected chi connectivity index (χ0v) is 14.5. The van der Waals surface area contributed by atoms with Crippen LogP contribution in [0.5, 0.6) is 17.2 Å². The molecule has 1 aromatic carbocycles. The Kier molecular flexibility index (Phi) is 5.38. The summed E-state index contributed by atoms with van der Waals surface area (Å²) in [7, 11) is 3.21. The molecule has 6 heteroatoms. The SMILES string of the molecule is COc1cccc(OC)c1OC1CCN(C(=O)c2ccccn2)CC1. The van der Waals surface area contributed by atoms with E-state index in [-0.39, 0.29) is 12.0 Å². The predicted molar refractivity (Wildman–Crippen MR) is 93.3 cm³/mol. The van der Waals surface area contributed by atoms with E-state index in [1.165, 1.54) is 0 Å². The van der Waals surface area contributed by atoms with Crippen LogP contribution in [0.4, 0.5) is 0 Å². The summed E-state index contributed by atoms with van der Waals surface area (Å²) < 4.78 is 16.9. The van der Waals surface area contributed by atoms with Crippen molar-refractivity contribution in [1.29, 1.82) is 0 Å². The first-order valence-electron chi connectivity index (χ1n) is 8.31. The number of ether oxygens (including phenoxy) is 3. The van der Waals surface area contributed by atoms with Gasteiger partial charge in [0, 0.05) is 32.1 Å². The van der Waals surface area contributed by atoms with Gasteiger partial charge in [0.15, 0.2) is 11.5 Å². The van der Waals surface area contributed by atoms with Crippen molar-refractivity contribution < 1.29 is 19.0 Å². The monoisotopic (exact) mass is 342 g/mol. The number of carbonyl (C=O) groups excluding carboxylic acids is 1. The van der Waals surface area contributed by atoms with Gasteiger partial charge in [0.1, 0.15) is 11.8 Å². The molecule has 0 radical (unpaired) electrons. The largest absolute Gasteiger partial charge is 0.493 e. The number of hydrogen-bond donors (Lipinski definition) is 0. The van der Waals surface area contributed by atoms with E-state index in [9.17, 15) is 4.79 Å². The number of aromatic nitrogens is 1. The minimum Gasteiger partial charge on any atom is -0.493 e. The van der Waals surface area contributed by atoms with Crippen LogP contribution in [-0.2, 0) is 0 Å². The van der Waals surface area contributed by atoms with E-state index in [0.717, 1.165) is 12.8 Å². The van der Waals surface area contributed by atoms with Gasteiger partial charge in [0.25, 0.3) is 5.91 Å². The maximum Gasteiger partial charge on any atom is 0.272 e. The lowest BCUT2D eigenvalue weighted by molar-refractivity contribution is 0.0580. The third kappa shape index (κ3) is 3.84. The Labute approximate surface area is 147 Å². The number of benzene rings is 1. The number of likely N-dealkylation sites (tertiary alicyclic amines) is 1. The maximum absolute atomic E-state index is 12.4. The van der Waals surface area contributed by atoms with Crippen molar-refractivity contribution in [1.82, 2.24) is 9.88 Å². The molecule has 1 fully saturated rings. The third-order valence-corrected chi connectivity index (χ3v) is 4.28. The molecule has 132 valence electrons. The summed E-state index contributed by atoms with van der Waals surface area (Å²) >= 11 is 0. The van der Waals surface area contributed by atoms with Gasteiger partial charge in [-0.05, 0) is 24.3 Å². The number of piperidine rings is 1. The van der Waals surface area contributed by atoms with E-state index in [0.29, 0.717) is 36.0 Å². The molecule has 3 rings (SSSR count). The average molecular weight is 342 g/mol. The van der Waals surface area contributed by atoms with E-state index in [1.807, 2.05) is 29.2 Å². The summed E-state index contributed by atoms with van der Waals surface area (Å²) in [5.41, 5.74) is 0.480. The molecule has 0 N–H and O–H groups in total. The molecule has 0 unspecified atom stereocenters. The number of nitrogens with zero attached hydrogens (tertiary/aromatic N) is 2. The van der Waals surface area contributed by atoms with Crippen LogP contribution in [0.2, 0.25) is 0 Å². The molecule has 1 aromatic heterocycles. The molecule has 2 aromatic rings. The second kappa shape index (κ2) is 7.88. The zero-order chi connectivity index (χ0) is 17.6. The summed E-state index contributed by atoms with van der Waals surface area (Å²) in [6.45, 7) is 1.27. The van der Waals surface area contributed by atoms with Crippen LogP contribution in [0.1, 0.15) is 23.3 Å². The standard InChI is InChI=1S/C19H22N2O4/c1-23-16-7-5-8-17(24-2)18(16)25-14-9-12-21(13-10-14)19(22)15-6-3-4-11-20-15/h3-8,11,14H,9-10,12-13H2,1-2H3. The lowest BCUT2D eigenvalue weighted by Gasteiger charge is -2.32. The summed E-state index contributed by atoms with van der Waals surface area (Å²) in [4.78, 5) is 18.4. The number of carbonyl (C=O) groups is 1. The molecule has 0 spiro atoms. The van der Waals surface area contributed by atoms with Crippen LogP contribution in [0, 0.1) is 0 Å². The first-order valence-corrected chi connectivity index (χ1v) is 8.31. The highest BCUT2D eigenvalue weighted by Crippen LogP contribution is 2.38. The van der Waals surface area contributed by atoms with E-state index >= 15 is 0 Å². The Bertz CT molecular complexity index is 690. The topological polar surface area (TPSA) is 60.9 Å². The Morgan fingerprint density at radius 2 is 1.72 bits per heavy atom. The van der Waals surface area contributed by atoms with Crippen LogP contribution in [0.15, 0.2) is 42.6 Å². The van der Waals surface area contributed by atoms with Crippen molar-refractivity contribution in [3.05, 3.63) is 48.3 Å². The van der Waals surface area contributed by atoms with Crippen molar-refractivity contribution in [2.75, 3.05) is 27.3 Å². The lowest BCUT2D eigenvalue weighted by atomic mass is 10.1. The highest BCUT2D eigenvalue weighted by atomic mass is 16.5. The fraction of sp³-hybridized carbons (Fsp3) is 0.368. The summed E-state index contributed by atoms with van der Waals surface area (Å²) in [6.07, 6.45) is 3.15. The number of rotatable bonds is 5. The first-order chi connectivity index (χ1) is 12.2. The summed E-state index contributed by atoms with van der Waals surface area (Å²) in [5.74, 6) is 1.87. The Morgan fingerprint density at radius 3 is 2.28 bits per heavy atom. The van der Waals surface area contributed by atoms with Gasteiger partial charge in [-0.25, -0.2) is 0 Å². The fourth-order valence-electron chi connectivity index (χ4n) is 2.93. The van der Waals surface area contributed by atoms with E-state index < -0.39 is 0 Å². The minimum absolute atomic E-state index is 0.0120. The minimum atomic E-state index is -0.0334. The second-order valence-electron chi connectivity index (χ2n) is 5.82. The lowest BCUT2D eigenvalue weighted by Crippen LogP contribution is -2.42. The van der Waals surface area contributed by atoms with Gasteiger partial charge < -0.3 is 19.1 Å². The maximum atomic E-state index is 12.4. The Morgan fingerprint density at radius 1 is 1.04 bits per heavy atom. The van der Waals surface area contributed by atoms with Gasteiger partial charge in [-0.3, -0.25) is 9.78 Å². The fourth-order valence-corrected chi connectivity index (χ4v) is 2.93. The van der Waals surface area contributed by atoms with Crippen molar-refractivity contribution >= 4 is 5.91 Å². The average Bonchev–Trinajstić information content (AvgIpc) is 2.69. The Balaban J connectivity index is 1.63. The van der Waals surface area contributed by atoms with Crippen LogP contribution in [0.25, 0.3) is 0 Å². The summed E-state index contributed by atoms with van der Waals surface area (Å²) in [5, 5.41) is 0. The van der Waals surface area contributed by atoms with Crippen molar-refractivity contribution in [3.8, 4) is 17.2 Å². The van der Waals surface area contributed by atoms with Crippen molar-refractivity contribution in [3.63, 3.8) is 0 Å². The zero-order valence-electron chi connectivity index (χ0n) is 14.5. The van der Waals surface area contributed by atoms with E-state index in [4.69, 9.17) is 14.2 Å². The highest BCUT2D eigenvalue weighted by molar-refractivity contribution is 5.92. The van der Waals surface area contributed by atoms with Crippen LogP contribution in [0.3, 0.4) is 0 Å². The van der Waals surface area contributed by atoms with E-state index in [1.54, 1.807) is 32.5 Å². The molecule has 1 aliphatic rings. The van der Waals surface area contributed by atoms with E-state index in [2.05, 4.69) is 4.98 Å². The molecule has 0 bridgehead atoms. The number of amides is 1. The molecule has 1 saturated heterocycles. The molecule has 1 amide bonds. The first kappa shape index (κ1) is 17.1. The van der Waals surface area contributed by atoms with Gasteiger partial charge in [0.05, 0.1) is 14.2 Å². The van der Waals surface area contributed by atoms with Gasteiger partial charge in [-0.1, -0.05) is 12.1 Å². The molecule has 0 atom stereocenters. The van der Waals surface area contributed by atoms with Crippen molar-refractivity contribution in [2.24, 2.45) is 0 Å². The van der Waals surface area contributed by atoms with Crippen LogP contribution < -0.4 is 14.2 Å².